The van der Waals surface area contributed by atoms with Gasteiger partial charge in [-0.3, -0.25) is 14.3 Å². The van der Waals surface area contributed by atoms with E-state index in [0.717, 1.165) is 18.4 Å². The van der Waals surface area contributed by atoms with E-state index in [9.17, 15) is 9.59 Å². The van der Waals surface area contributed by atoms with E-state index in [2.05, 4.69) is 22.1 Å². The van der Waals surface area contributed by atoms with Crippen LogP contribution in [0.15, 0.2) is 72.4 Å². The first kappa shape index (κ1) is 22.0. The van der Waals surface area contributed by atoms with Crippen LogP contribution in [0.2, 0.25) is 0 Å². The van der Waals surface area contributed by atoms with E-state index in [1.165, 1.54) is 22.6 Å². The molecule has 4 heterocycles. The maximum absolute atomic E-state index is 12.8. The minimum absolute atomic E-state index is 0.292. The van der Waals surface area contributed by atoms with Crippen LogP contribution in [-0.2, 0) is 18.8 Å². The molecule has 1 N–H and O–H groups in total. The molecule has 11 heteroatoms. The van der Waals surface area contributed by atoms with Crippen LogP contribution < -0.4 is 11.2 Å². The number of hydrogen-bond acceptors (Lipinski definition) is 8. The first-order chi connectivity index (χ1) is 16.6. The molecule has 0 aliphatic rings. The van der Waals surface area contributed by atoms with Gasteiger partial charge in [0.1, 0.15) is 5.82 Å². The molecule has 0 saturated carbocycles. The SMILES string of the molecule is CCCCn1c(CSc2nnc(-c3ccco3)o2)nc2c1c(=O)[nH]c(=O)n2Cc1ccccc1. The highest BCUT2D eigenvalue weighted by molar-refractivity contribution is 7.98. The summed E-state index contributed by atoms with van der Waals surface area (Å²) in [6.07, 6.45) is 3.35. The fraction of sp³-hybridized carbons (Fsp3) is 0.261. The van der Waals surface area contributed by atoms with Gasteiger partial charge >= 0.3 is 5.69 Å². The lowest BCUT2D eigenvalue weighted by Gasteiger charge is -2.08. The summed E-state index contributed by atoms with van der Waals surface area (Å²) in [6.45, 7) is 3.00. The van der Waals surface area contributed by atoms with Crippen LogP contribution >= 0.6 is 11.8 Å². The predicted molar refractivity (Wildman–Crippen MR) is 127 cm³/mol. The molecular weight excluding hydrogens is 456 g/mol. The Morgan fingerprint density at radius 1 is 1.06 bits per heavy atom. The molecule has 10 nitrogen and oxygen atoms in total. The van der Waals surface area contributed by atoms with Crippen LogP contribution in [0, 0.1) is 0 Å². The van der Waals surface area contributed by atoms with Crippen molar-refractivity contribution in [1.29, 1.82) is 0 Å². The third kappa shape index (κ3) is 4.34. The number of unbranched alkanes of at least 4 members (excludes halogenated alkanes) is 1. The third-order valence-electron chi connectivity index (χ3n) is 5.35. The molecule has 4 aromatic heterocycles. The van der Waals surface area contributed by atoms with Crippen molar-refractivity contribution in [2.75, 3.05) is 0 Å². The van der Waals surface area contributed by atoms with Gasteiger partial charge in [0, 0.05) is 6.54 Å². The number of rotatable bonds is 9. The Labute approximate surface area is 197 Å². The highest BCUT2D eigenvalue weighted by atomic mass is 32.2. The highest BCUT2D eigenvalue weighted by Crippen LogP contribution is 2.27. The Kier molecular flexibility index (Phi) is 6.17. The maximum atomic E-state index is 12.8. The van der Waals surface area contributed by atoms with E-state index < -0.39 is 11.2 Å². The summed E-state index contributed by atoms with van der Waals surface area (Å²) in [5.74, 6) is 1.83. The number of thioether (sulfide) groups is 1. The fourth-order valence-electron chi connectivity index (χ4n) is 3.69. The number of aromatic nitrogens is 6. The van der Waals surface area contributed by atoms with Crippen LogP contribution in [-0.4, -0.2) is 29.3 Å². The molecule has 0 bridgehead atoms. The topological polar surface area (TPSA) is 125 Å². The zero-order valence-corrected chi connectivity index (χ0v) is 19.2. The smallest absolute Gasteiger partial charge is 0.330 e. The molecule has 0 aliphatic carbocycles. The van der Waals surface area contributed by atoms with Crippen LogP contribution in [0.3, 0.4) is 0 Å². The monoisotopic (exact) mass is 478 g/mol. The number of imidazole rings is 1. The van der Waals surface area contributed by atoms with E-state index in [1.54, 1.807) is 12.1 Å². The van der Waals surface area contributed by atoms with Gasteiger partial charge in [0.05, 0.1) is 18.6 Å². The lowest BCUT2D eigenvalue weighted by molar-refractivity contribution is 0.447. The van der Waals surface area contributed by atoms with Gasteiger partial charge in [0.15, 0.2) is 16.9 Å². The van der Waals surface area contributed by atoms with E-state index in [-0.39, 0.29) is 0 Å². The van der Waals surface area contributed by atoms with Crippen molar-refractivity contribution in [2.24, 2.45) is 0 Å². The number of benzene rings is 1. The summed E-state index contributed by atoms with van der Waals surface area (Å²) >= 11 is 1.31. The normalized spacial score (nSPS) is 11.4. The highest BCUT2D eigenvalue weighted by Gasteiger charge is 2.20. The van der Waals surface area contributed by atoms with Gasteiger partial charge < -0.3 is 13.4 Å². The van der Waals surface area contributed by atoms with Crippen molar-refractivity contribution in [3.63, 3.8) is 0 Å². The summed E-state index contributed by atoms with van der Waals surface area (Å²) < 4.78 is 14.4. The second-order valence-corrected chi connectivity index (χ2v) is 8.60. The first-order valence-corrected chi connectivity index (χ1v) is 11.9. The number of H-pyrrole nitrogens is 1. The zero-order chi connectivity index (χ0) is 23.5. The molecule has 1 aromatic carbocycles. The van der Waals surface area contributed by atoms with Crippen molar-refractivity contribution in [1.82, 2.24) is 29.3 Å². The minimum atomic E-state index is -0.485. The molecule has 0 aliphatic heterocycles. The van der Waals surface area contributed by atoms with E-state index >= 15 is 0 Å². The fourth-order valence-corrected chi connectivity index (χ4v) is 4.40. The quantitative estimate of drug-likeness (QED) is 0.318. The Balaban J connectivity index is 1.51. The van der Waals surface area contributed by atoms with Gasteiger partial charge in [-0.25, -0.2) is 9.78 Å². The summed E-state index contributed by atoms with van der Waals surface area (Å²) in [5, 5.41) is 8.44. The lowest BCUT2D eigenvalue weighted by Crippen LogP contribution is -2.31. The molecule has 0 fully saturated rings. The number of furan rings is 1. The molecule has 0 saturated heterocycles. The van der Waals surface area contributed by atoms with Gasteiger partial charge in [0.2, 0.25) is 0 Å². The summed E-state index contributed by atoms with van der Waals surface area (Å²) in [6, 6.07) is 13.1. The second-order valence-electron chi connectivity index (χ2n) is 7.68. The van der Waals surface area contributed by atoms with E-state index in [1.807, 2.05) is 34.9 Å². The molecule has 0 spiro atoms. The number of hydrogen-bond donors (Lipinski definition) is 1. The van der Waals surface area contributed by atoms with Gasteiger partial charge in [-0.15, -0.1) is 10.2 Å². The summed E-state index contributed by atoms with van der Waals surface area (Å²) in [7, 11) is 0. The molecule has 34 heavy (non-hydrogen) atoms. The Morgan fingerprint density at radius 2 is 1.91 bits per heavy atom. The van der Waals surface area contributed by atoms with Crippen LogP contribution in [0.5, 0.6) is 0 Å². The van der Waals surface area contributed by atoms with Crippen molar-refractivity contribution in [2.45, 2.75) is 43.8 Å². The van der Waals surface area contributed by atoms with E-state index in [0.29, 0.717) is 52.7 Å². The molecule has 5 aromatic rings. The Morgan fingerprint density at radius 3 is 2.68 bits per heavy atom. The second kappa shape index (κ2) is 9.56. The third-order valence-corrected chi connectivity index (χ3v) is 6.16. The number of nitrogens with one attached hydrogen (secondary N) is 1. The molecule has 0 radical (unpaired) electrons. The molecule has 5 rings (SSSR count). The van der Waals surface area contributed by atoms with E-state index in [4.69, 9.17) is 13.8 Å². The van der Waals surface area contributed by atoms with Crippen molar-refractivity contribution in [3.8, 4) is 11.7 Å². The molecule has 174 valence electrons. The Hall–Kier alpha value is -3.86. The van der Waals surface area contributed by atoms with Gasteiger partial charge in [-0.1, -0.05) is 55.4 Å². The number of fused-ring (bicyclic) bond motifs is 1. The average Bonchev–Trinajstić information content (AvgIpc) is 3.59. The minimum Gasteiger partial charge on any atom is -0.459 e. The first-order valence-electron chi connectivity index (χ1n) is 10.9. The molecular formula is C23H22N6O4S. The van der Waals surface area contributed by atoms with Crippen molar-refractivity contribution in [3.05, 3.63) is 81.0 Å². The molecule has 0 atom stereocenters. The molecule has 0 amide bonds. The van der Waals surface area contributed by atoms with Gasteiger partial charge in [-0.05, 0) is 24.1 Å². The maximum Gasteiger partial charge on any atom is 0.330 e. The van der Waals surface area contributed by atoms with Gasteiger partial charge in [0.25, 0.3) is 16.7 Å². The van der Waals surface area contributed by atoms with Crippen LogP contribution in [0.4, 0.5) is 0 Å². The van der Waals surface area contributed by atoms with Gasteiger partial charge in [-0.2, -0.15) is 0 Å². The molecule has 0 unspecified atom stereocenters. The van der Waals surface area contributed by atoms with Crippen molar-refractivity contribution >= 4 is 22.9 Å². The number of nitrogens with zero attached hydrogens (tertiary/aromatic N) is 5. The van der Waals surface area contributed by atoms with Crippen molar-refractivity contribution < 1.29 is 8.83 Å². The summed E-state index contributed by atoms with van der Waals surface area (Å²) in [5.41, 5.74) is 0.767. The average molecular weight is 479 g/mol. The number of aryl methyl sites for hydroxylation is 1. The van der Waals surface area contributed by atoms with Crippen LogP contribution in [0.25, 0.3) is 22.8 Å². The Bertz CT molecular complexity index is 1510. The largest absolute Gasteiger partial charge is 0.459 e. The number of aromatic amines is 1. The lowest BCUT2D eigenvalue weighted by atomic mass is 10.2. The van der Waals surface area contributed by atoms with Crippen LogP contribution in [0.1, 0.15) is 31.2 Å². The standard InChI is InChI=1S/C23H22N6O4S/c1-2-3-11-28-17(14-34-23-27-26-21(33-23)16-10-7-12-32-16)24-19-18(28)20(30)25-22(31)29(19)13-15-8-5-4-6-9-15/h4-10,12H,2-3,11,13-14H2,1H3,(H,25,30,31). The summed E-state index contributed by atoms with van der Waals surface area (Å²) in [4.78, 5) is 32.7. The predicted octanol–water partition coefficient (Wildman–Crippen LogP) is 3.67. The zero-order valence-electron chi connectivity index (χ0n) is 18.4.